The smallest absolute Gasteiger partial charge is 0.318 e. The molecule has 3 rings (SSSR count). The molecule has 0 radical (unpaired) electrons. The highest BCUT2D eigenvalue weighted by atomic mass is 35.5. The standard InChI is InChI=1S/C14H17ClN4OS/c1-20-14-17-8-9(15)13(19-14)16-7-6-12-18-10-4-2-3-5-11(10)21-12/h8H,2-7H2,1H3,(H,16,17,19). The second-order valence-electron chi connectivity index (χ2n) is 4.91. The number of fused-ring (bicyclic) bond motifs is 1. The Bertz CT molecular complexity index is 608. The van der Waals surface area contributed by atoms with Gasteiger partial charge in [0.05, 0.1) is 24.0 Å². The van der Waals surface area contributed by atoms with Crippen molar-refractivity contribution in [3.63, 3.8) is 0 Å². The number of halogens is 1. The maximum absolute atomic E-state index is 6.06. The number of thiazole rings is 1. The zero-order valence-electron chi connectivity index (χ0n) is 11.9. The van der Waals surface area contributed by atoms with Gasteiger partial charge in [-0.2, -0.15) is 4.98 Å². The van der Waals surface area contributed by atoms with E-state index in [1.165, 1.54) is 48.1 Å². The maximum atomic E-state index is 6.06. The topological polar surface area (TPSA) is 59.9 Å². The first-order chi connectivity index (χ1) is 10.3. The van der Waals surface area contributed by atoms with Gasteiger partial charge >= 0.3 is 6.01 Å². The van der Waals surface area contributed by atoms with Crippen LogP contribution in [0.3, 0.4) is 0 Å². The van der Waals surface area contributed by atoms with E-state index in [2.05, 4.69) is 15.3 Å². The van der Waals surface area contributed by atoms with Gasteiger partial charge in [0, 0.05) is 17.8 Å². The molecule has 2 heterocycles. The quantitative estimate of drug-likeness (QED) is 0.915. The van der Waals surface area contributed by atoms with Crippen LogP contribution in [0.2, 0.25) is 5.02 Å². The summed E-state index contributed by atoms with van der Waals surface area (Å²) in [6.45, 7) is 0.742. The molecule has 0 aromatic carbocycles. The van der Waals surface area contributed by atoms with Gasteiger partial charge in [0.25, 0.3) is 0 Å². The van der Waals surface area contributed by atoms with Gasteiger partial charge in [0.2, 0.25) is 0 Å². The molecule has 2 aromatic rings. The molecule has 0 atom stereocenters. The van der Waals surface area contributed by atoms with E-state index in [-0.39, 0.29) is 0 Å². The third-order valence-corrected chi connectivity index (χ3v) is 4.92. The van der Waals surface area contributed by atoms with Crippen LogP contribution in [0.4, 0.5) is 5.82 Å². The molecule has 0 spiro atoms. The van der Waals surface area contributed by atoms with E-state index in [1.807, 2.05) is 11.3 Å². The molecule has 0 unspecified atom stereocenters. The number of hydrogen-bond donors (Lipinski definition) is 1. The molecule has 0 aliphatic heterocycles. The third kappa shape index (κ3) is 3.44. The van der Waals surface area contributed by atoms with Gasteiger partial charge in [0.1, 0.15) is 5.02 Å². The second-order valence-corrected chi connectivity index (χ2v) is 6.49. The molecule has 1 aliphatic rings. The molecule has 0 bridgehead atoms. The van der Waals surface area contributed by atoms with Crippen LogP contribution >= 0.6 is 22.9 Å². The average Bonchev–Trinajstić information content (AvgIpc) is 2.92. The van der Waals surface area contributed by atoms with Crippen molar-refractivity contribution in [1.82, 2.24) is 15.0 Å². The fourth-order valence-corrected chi connectivity index (χ4v) is 3.69. The second kappa shape index (κ2) is 6.58. The van der Waals surface area contributed by atoms with E-state index in [4.69, 9.17) is 21.3 Å². The minimum absolute atomic E-state index is 0.312. The highest BCUT2D eigenvalue weighted by molar-refractivity contribution is 7.11. The van der Waals surface area contributed by atoms with Gasteiger partial charge in [0.15, 0.2) is 5.82 Å². The van der Waals surface area contributed by atoms with Gasteiger partial charge < -0.3 is 10.1 Å². The van der Waals surface area contributed by atoms with E-state index in [1.54, 1.807) is 0 Å². The third-order valence-electron chi connectivity index (χ3n) is 3.43. The Morgan fingerprint density at radius 3 is 3.00 bits per heavy atom. The predicted molar refractivity (Wildman–Crippen MR) is 84.5 cm³/mol. The first-order valence-corrected chi connectivity index (χ1v) is 8.23. The molecule has 0 saturated heterocycles. The number of ether oxygens (including phenoxy) is 1. The highest BCUT2D eigenvalue weighted by Crippen LogP contribution is 2.27. The fraction of sp³-hybridized carbons (Fsp3) is 0.500. The molecule has 112 valence electrons. The molecule has 0 amide bonds. The number of nitrogens with one attached hydrogen (secondary N) is 1. The lowest BCUT2D eigenvalue weighted by atomic mass is 10.0. The minimum Gasteiger partial charge on any atom is -0.467 e. The minimum atomic E-state index is 0.312. The molecule has 0 saturated carbocycles. The SMILES string of the molecule is COc1ncc(Cl)c(NCCc2nc3c(s2)CCCC3)n1. The number of rotatable bonds is 5. The highest BCUT2D eigenvalue weighted by Gasteiger charge is 2.15. The van der Waals surface area contributed by atoms with Crippen LogP contribution in [0.15, 0.2) is 6.20 Å². The molecule has 1 aliphatic carbocycles. The van der Waals surface area contributed by atoms with Crippen LogP contribution in [0.5, 0.6) is 6.01 Å². The van der Waals surface area contributed by atoms with Crippen molar-refractivity contribution >= 4 is 28.8 Å². The van der Waals surface area contributed by atoms with Gasteiger partial charge in [-0.3, -0.25) is 0 Å². The molecule has 1 N–H and O–H groups in total. The Labute approximate surface area is 132 Å². The van der Waals surface area contributed by atoms with Gasteiger partial charge in [-0.1, -0.05) is 11.6 Å². The number of anilines is 1. The maximum Gasteiger partial charge on any atom is 0.318 e. The largest absolute Gasteiger partial charge is 0.467 e. The van der Waals surface area contributed by atoms with Gasteiger partial charge in [-0.25, -0.2) is 9.97 Å². The molecule has 7 heteroatoms. The fourth-order valence-electron chi connectivity index (χ4n) is 2.37. The lowest BCUT2D eigenvalue weighted by molar-refractivity contribution is 0.380. The Hall–Kier alpha value is -1.40. The van der Waals surface area contributed by atoms with Crippen LogP contribution in [-0.2, 0) is 19.3 Å². The number of hydrogen-bond acceptors (Lipinski definition) is 6. The van der Waals surface area contributed by atoms with E-state index in [0.717, 1.165) is 19.4 Å². The summed E-state index contributed by atoms with van der Waals surface area (Å²) in [4.78, 5) is 14.3. The van der Waals surface area contributed by atoms with Crippen molar-refractivity contribution in [2.24, 2.45) is 0 Å². The van der Waals surface area contributed by atoms with Gasteiger partial charge in [-0.15, -0.1) is 11.3 Å². The summed E-state index contributed by atoms with van der Waals surface area (Å²) in [5, 5.41) is 4.90. The Balaban J connectivity index is 1.59. The number of methoxy groups -OCH3 is 1. The molecule has 5 nitrogen and oxygen atoms in total. The van der Waals surface area contributed by atoms with E-state index in [9.17, 15) is 0 Å². The molecular formula is C14H17ClN4OS. The normalized spacial score (nSPS) is 13.8. The Morgan fingerprint density at radius 1 is 1.33 bits per heavy atom. The average molecular weight is 325 g/mol. The van der Waals surface area contributed by atoms with E-state index in [0.29, 0.717) is 16.9 Å². The van der Waals surface area contributed by atoms with E-state index >= 15 is 0 Å². The van der Waals surface area contributed by atoms with Crippen LogP contribution < -0.4 is 10.1 Å². The van der Waals surface area contributed by atoms with Crippen LogP contribution in [0.1, 0.15) is 28.4 Å². The summed E-state index contributed by atoms with van der Waals surface area (Å²) in [7, 11) is 1.53. The number of aryl methyl sites for hydroxylation is 2. The molecular weight excluding hydrogens is 308 g/mol. The lowest BCUT2D eigenvalue weighted by Gasteiger charge is -2.07. The van der Waals surface area contributed by atoms with Crippen molar-refractivity contribution in [3.05, 3.63) is 26.8 Å². The van der Waals surface area contributed by atoms with Crippen molar-refractivity contribution in [3.8, 4) is 6.01 Å². The zero-order chi connectivity index (χ0) is 14.7. The van der Waals surface area contributed by atoms with Crippen molar-refractivity contribution in [2.45, 2.75) is 32.1 Å². The van der Waals surface area contributed by atoms with Crippen LogP contribution in [-0.4, -0.2) is 28.6 Å². The predicted octanol–water partition coefficient (Wildman–Crippen LogP) is 3.13. The molecule has 21 heavy (non-hydrogen) atoms. The van der Waals surface area contributed by atoms with Crippen molar-refractivity contribution in [2.75, 3.05) is 19.0 Å². The number of nitrogens with zero attached hydrogens (tertiary/aromatic N) is 3. The summed E-state index contributed by atoms with van der Waals surface area (Å²) in [5.41, 5.74) is 1.31. The van der Waals surface area contributed by atoms with Crippen LogP contribution in [0.25, 0.3) is 0 Å². The lowest BCUT2D eigenvalue weighted by Crippen LogP contribution is -2.08. The van der Waals surface area contributed by atoms with Crippen molar-refractivity contribution < 1.29 is 4.74 Å². The van der Waals surface area contributed by atoms with E-state index < -0.39 is 0 Å². The number of aromatic nitrogens is 3. The summed E-state index contributed by atoms with van der Waals surface area (Å²) in [6, 6.07) is 0.312. The zero-order valence-corrected chi connectivity index (χ0v) is 13.4. The molecule has 0 fully saturated rings. The summed E-state index contributed by atoms with van der Waals surface area (Å²) in [6.07, 6.45) is 7.30. The molecule has 2 aromatic heterocycles. The Morgan fingerprint density at radius 2 is 2.19 bits per heavy atom. The monoisotopic (exact) mass is 324 g/mol. The Kier molecular flexibility index (Phi) is 4.55. The van der Waals surface area contributed by atoms with Crippen molar-refractivity contribution in [1.29, 1.82) is 0 Å². The summed E-state index contributed by atoms with van der Waals surface area (Å²) in [5.74, 6) is 0.602. The summed E-state index contributed by atoms with van der Waals surface area (Å²) >= 11 is 7.90. The summed E-state index contributed by atoms with van der Waals surface area (Å²) < 4.78 is 5.00. The first-order valence-electron chi connectivity index (χ1n) is 7.04. The first kappa shape index (κ1) is 14.5. The van der Waals surface area contributed by atoms with Gasteiger partial charge in [-0.05, 0) is 25.7 Å². The van der Waals surface area contributed by atoms with Crippen LogP contribution in [0, 0.1) is 0 Å².